The smallest absolute Gasteiger partial charge is 0.204 e. The van der Waals surface area contributed by atoms with Gasteiger partial charge in [0.25, 0.3) is 0 Å². The third kappa shape index (κ3) is 1.79. The summed E-state index contributed by atoms with van der Waals surface area (Å²) in [4.78, 5) is 4.16. The number of aromatic nitrogens is 2. The van der Waals surface area contributed by atoms with E-state index in [0.717, 1.165) is 17.4 Å². The fraction of sp³-hybridized carbons (Fsp3) is 0.222. The molecule has 0 atom stereocenters. The molecule has 2 heterocycles. The average Bonchev–Trinajstić information content (AvgIpc) is 2.72. The number of imidazole rings is 1. The fourth-order valence-corrected chi connectivity index (χ4v) is 1.47. The highest BCUT2D eigenvalue weighted by molar-refractivity contribution is 6.16. The summed E-state index contributed by atoms with van der Waals surface area (Å²) in [6.07, 6.45) is 3.39. The van der Waals surface area contributed by atoms with Crippen molar-refractivity contribution in [2.75, 3.05) is 0 Å². The predicted octanol–water partition coefficient (Wildman–Crippen LogP) is 2.93. The molecule has 0 unspecified atom stereocenters. The molecule has 0 N–H and O–H groups in total. The summed E-state index contributed by atoms with van der Waals surface area (Å²) in [6.45, 7) is 1.92. The standard InChI is InChI=1S/C9H9ClN2O.ClH/c1-7-11-6-8(5-10)12(7)9-3-2-4-13-9;/h2-4,6H,5H2,1H3;1H. The van der Waals surface area contributed by atoms with Crippen LogP contribution in [0.5, 0.6) is 0 Å². The highest BCUT2D eigenvalue weighted by Crippen LogP contribution is 2.16. The van der Waals surface area contributed by atoms with E-state index in [0.29, 0.717) is 5.88 Å². The molecule has 0 spiro atoms. The van der Waals surface area contributed by atoms with Crippen LogP contribution in [-0.2, 0) is 5.88 Å². The van der Waals surface area contributed by atoms with E-state index in [1.165, 1.54) is 0 Å². The molecule has 76 valence electrons. The minimum Gasteiger partial charge on any atom is -0.448 e. The van der Waals surface area contributed by atoms with Crippen LogP contribution in [0, 0.1) is 6.92 Å². The zero-order chi connectivity index (χ0) is 9.26. The summed E-state index contributed by atoms with van der Waals surface area (Å²) in [6, 6.07) is 3.72. The van der Waals surface area contributed by atoms with Gasteiger partial charge in [-0.2, -0.15) is 0 Å². The van der Waals surface area contributed by atoms with Crippen LogP contribution in [0.3, 0.4) is 0 Å². The van der Waals surface area contributed by atoms with E-state index >= 15 is 0 Å². The molecule has 14 heavy (non-hydrogen) atoms. The highest BCUT2D eigenvalue weighted by atomic mass is 35.5. The second-order valence-corrected chi connectivity index (χ2v) is 2.98. The zero-order valence-corrected chi connectivity index (χ0v) is 9.18. The minimum atomic E-state index is 0. The Bertz CT molecular complexity index is 395. The summed E-state index contributed by atoms with van der Waals surface area (Å²) in [7, 11) is 0. The summed E-state index contributed by atoms with van der Waals surface area (Å²) < 4.78 is 7.16. The van der Waals surface area contributed by atoms with Gasteiger partial charge in [-0.25, -0.2) is 4.98 Å². The molecule has 0 saturated carbocycles. The SMILES string of the molecule is Cc1ncc(CCl)n1-c1ccco1.Cl. The molecular weight excluding hydrogens is 223 g/mol. The Labute approximate surface area is 93.1 Å². The lowest BCUT2D eigenvalue weighted by Gasteiger charge is -2.03. The zero-order valence-electron chi connectivity index (χ0n) is 7.61. The average molecular weight is 233 g/mol. The number of hydrogen-bond acceptors (Lipinski definition) is 2. The van der Waals surface area contributed by atoms with Crippen molar-refractivity contribution in [1.29, 1.82) is 0 Å². The van der Waals surface area contributed by atoms with Crippen LogP contribution in [0.4, 0.5) is 0 Å². The first-order chi connectivity index (χ1) is 6.33. The van der Waals surface area contributed by atoms with E-state index in [1.807, 2.05) is 23.6 Å². The molecule has 0 aliphatic heterocycles. The van der Waals surface area contributed by atoms with Gasteiger partial charge in [-0.1, -0.05) is 0 Å². The third-order valence-electron chi connectivity index (χ3n) is 1.87. The van der Waals surface area contributed by atoms with Gasteiger partial charge >= 0.3 is 0 Å². The number of alkyl halides is 1. The number of aryl methyl sites for hydroxylation is 1. The second-order valence-electron chi connectivity index (χ2n) is 2.72. The van der Waals surface area contributed by atoms with Crippen molar-refractivity contribution in [3.05, 3.63) is 36.1 Å². The van der Waals surface area contributed by atoms with Gasteiger partial charge < -0.3 is 4.42 Å². The van der Waals surface area contributed by atoms with Gasteiger partial charge in [-0.15, -0.1) is 24.0 Å². The van der Waals surface area contributed by atoms with Gasteiger partial charge in [0.05, 0.1) is 24.0 Å². The van der Waals surface area contributed by atoms with E-state index < -0.39 is 0 Å². The van der Waals surface area contributed by atoms with Crippen LogP contribution in [0.15, 0.2) is 29.0 Å². The molecule has 0 amide bonds. The van der Waals surface area contributed by atoms with Crippen molar-refractivity contribution in [3.8, 4) is 5.88 Å². The molecular formula is C9H10Cl2N2O. The number of halogens is 2. The van der Waals surface area contributed by atoms with Gasteiger partial charge in [0.2, 0.25) is 5.88 Å². The molecule has 0 bridgehead atoms. The van der Waals surface area contributed by atoms with Crippen molar-refractivity contribution in [2.24, 2.45) is 0 Å². The van der Waals surface area contributed by atoms with Crippen molar-refractivity contribution in [1.82, 2.24) is 9.55 Å². The van der Waals surface area contributed by atoms with Gasteiger partial charge in [0, 0.05) is 6.07 Å². The Kier molecular flexibility index (Phi) is 3.61. The number of furan rings is 1. The number of hydrogen-bond donors (Lipinski definition) is 0. The van der Waals surface area contributed by atoms with Crippen molar-refractivity contribution in [3.63, 3.8) is 0 Å². The summed E-state index contributed by atoms with van der Waals surface area (Å²) in [5.74, 6) is 2.07. The summed E-state index contributed by atoms with van der Waals surface area (Å²) in [5.41, 5.74) is 0.939. The molecule has 0 saturated heterocycles. The predicted molar refractivity (Wildman–Crippen MR) is 57.4 cm³/mol. The molecule has 5 heteroatoms. The molecule has 2 rings (SSSR count). The number of nitrogens with zero attached hydrogens (tertiary/aromatic N) is 2. The maximum atomic E-state index is 5.76. The van der Waals surface area contributed by atoms with Crippen molar-refractivity contribution >= 4 is 24.0 Å². The van der Waals surface area contributed by atoms with Crippen molar-refractivity contribution < 1.29 is 4.42 Å². The Morgan fingerprint density at radius 1 is 1.57 bits per heavy atom. The lowest BCUT2D eigenvalue weighted by atomic mass is 10.5. The van der Waals surface area contributed by atoms with Crippen LogP contribution in [0.1, 0.15) is 11.5 Å². The lowest BCUT2D eigenvalue weighted by Crippen LogP contribution is -1.98. The molecule has 0 aliphatic carbocycles. The Hall–Kier alpha value is -0.930. The van der Waals surface area contributed by atoms with Gasteiger partial charge in [0.1, 0.15) is 5.82 Å². The third-order valence-corrected chi connectivity index (χ3v) is 2.15. The Morgan fingerprint density at radius 2 is 2.36 bits per heavy atom. The van der Waals surface area contributed by atoms with Gasteiger partial charge in [0.15, 0.2) is 0 Å². The topological polar surface area (TPSA) is 31.0 Å². The quantitative estimate of drug-likeness (QED) is 0.746. The lowest BCUT2D eigenvalue weighted by molar-refractivity contribution is 0.531. The molecule has 0 aliphatic rings. The largest absolute Gasteiger partial charge is 0.448 e. The molecule has 3 nitrogen and oxygen atoms in total. The van der Waals surface area contributed by atoms with E-state index in [4.69, 9.17) is 16.0 Å². The molecule has 0 aromatic carbocycles. The number of rotatable bonds is 2. The van der Waals surface area contributed by atoms with Gasteiger partial charge in [-0.05, 0) is 13.0 Å². The molecule has 0 fully saturated rings. The summed E-state index contributed by atoms with van der Waals surface area (Å²) >= 11 is 5.76. The van der Waals surface area contributed by atoms with Crippen LogP contribution < -0.4 is 0 Å². The van der Waals surface area contributed by atoms with Crippen LogP contribution in [-0.4, -0.2) is 9.55 Å². The van der Waals surface area contributed by atoms with Gasteiger partial charge in [-0.3, -0.25) is 4.57 Å². The van der Waals surface area contributed by atoms with Crippen LogP contribution in [0.25, 0.3) is 5.88 Å². The van der Waals surface area contributed by atoms with Crippen molar-refractivity contribution in [2.45, 2.75) is 12.8 Å². The second kappa shape index (κ2) is 4.53. The van der Waals surface area contributed by atoms with E-state index in [1.54, 1.807) is 12.5 Å². The first kappa shape index (κ1) is 11.1. The molecule has 0 radical (unpaired) electrons. The highest BCUT2D eigenvalue weighted by Gasteiger charge is 2.08. The van der Waals surface area contributed by atoms with Crippen LogP contribution >= 0.6 is 24.0 Å². The maximum Gasteiger partial charge on any atom is 0.204 e. The Morgan fingerprint density at radius 3 is 2.93 bits per heavy atom. The molecule has 2 aromatic heterocycles. The monoisotopic (exact) mass is 232 g/mol. The van der Waals surface area contributed by atoms with Crippen LogP contribution in [0.2, 0.25) is 0 Å². The molecule has 2 aromatic rings. The minimum absolute atomic E-state index is 0. The first-order valence-corrected chi connectivity index (χ1v) is 4.49. The van der Waals surface area contributed by atoms with E-state index in [9.17, 15) is 0 Å². The summed E-state index contributed by atoms with van der Waals surface area (Å²) in [5, 5.41) is 0. The van der Waals surface area contributed by atoms with E-state index in [2.05, 4.69) is 4.98 Å². The first-order valence-electron chi connectivity index (χ1n) is 3.96. The fourth-order valence-electron chi connectivity index (χ4n) is 1.28. The maximum absolute atomic E-state index is 5.76. The van der Waals surface area contributed by atoms with E-state index in [-0.39, 0.29) is 12.4 Å². The normalized spacial score (nSPS) is 9.86. The Balaban J connectivity index is 0.000000980.